The number of hydrogen-bond donors (Lipinski definition) is 1. The van der Waals surface area contributed by atoms with Gasteiger partial charge in [0, 0.05) is 45.3 Å². The van der Waals surface area contributed by atoms with E-state index >= 15 is 0 Å². The van der Waals surface area contributed by atoms with Crippen molar-refractivity contribution in [1.29, 1.82) is 0 Å². The molecule has 0 spiro atoms. The van der Waals surface area contributed by atoms with Crippen molar-refractivity contribution >= 4 is 18.3 Å². The fourth-order valence-corrected chi connectivity index (χ4v) is 4.11. The molecule has 29 heavy (non-hydrogen) atoms. The lowest BCUT2D eigenvalue weighted by Crippen LogP contribution is -2.49. The first-order valence-corrected chi connectivity index (χ1v) is 10.1. The van der Waals surface area contributed by atoms with Gasteiger partial charge in [-0.3, -0.25) is 9.69 Å². The number of furan rings is 1. The summed E-state index contributed by atoms with van der Waals surface area (Å²) in [6.07, 6.45) is 1.04. The maximum absolute atomic E-state index is 12.8. The van der Waals surface area contributed by atoms with E-state index in [2.05, 4.69) is 23.2 Å². The molecular weight excluding hydrogens is 390 g/mol. The molecule has 0 bridgehead atoms. The Hall–Kier alpha value is -2.02. The van der Waals surface area contributed by atoms with Gasteiger partial charge in [0.05, 0.1) is 0 Å². The number of piperazine rings is 1. The monoisotopic (exact) mass is 419 g/mol. The number of aryl methyl sites for hydroxylation is 2. The van der Waals surface area contributed by atoms with Crippen molar-refractivity contribution in [2.24, 2.45) is 0 Å². The summed E-state index contributed by atoms with van der Waals surface area (Å²) in [5, 5.41) is 3.38. The van der Waals surface area contributed by atoms with Crippen LogP contribution in [0.3, 0.4) is 0 Å². The molecule has 1 aromatic heterocycles. The van der Waals surface area contributed by atoms with Crippen LogP contribution in [0, 0.1) is 13.8 Å². The molecule has 3 heterocycles. The third kappa shape index (κ3) is 5.13. The molecule has 1 aromatic carbocycles. The zero-order valence-electron chi connectivity index (χ0n) is 17.1. The molecule has 4 rings (SSSR count). The molecule has 1 N–H and O–H groups in total. The zero-order chi connectivity index (χ0) is 19.5. The second-order valence-electron chi connectivity index (χ2n) is 7.80. The smallest absolute Gasteiger partial charge is 0.289 e. The lowest BCUT2D eigenvalue weighted by atomic mass is 10.1. The quantitative estimate of drug-likeness (QED) is 0.807. The SMILES string of the molecule is Cc1ccc(OCc2ccc(C(=O)N3CCC(N4CCNCC4)C3)o2)c(C)c1.Cl. The van der Waals surface area contributed by atoms with Gasteiger partial charge in [0.2, 0.25) is 0 Å². The van der Waals surface area contributed by atoms with Crippen LogP contribution in [-0.4, -0.2) is 61.0 Å². The highest BCUT2D eigenvalue weighted by Gasteiger charge is 2.32. The topological polar surface area (TPSA) is 58.0 Å². The van der Waals surface area contributed by atoms with Gasteiger partial charge in [-0.25, -0.2) is 0 Å². The molecule has 158 valence electrons. The molecule has 2 fully saturated rings. The fourth-order valence-electron chi connectivity index (χ4n) is 4.11. The molecule has 2 aliphatic heterocycles. The standard InChI is InChI=1S/C22H29N3O3.ClH/c1-16-3-5-20(17(2)13-16)27-15-19-4-6-21(28-19)22(26)25-10-7-18(14-25)24-11-8-23-9-12-24;/h3-6,13,18,23H,7-12,14-15H2,1-2H3;1H. The third-order valence-corrected chi connectivity index (χ3v) is 5.69. The zero-order valence-corrected chi connectivity index (χ0v) is 18.0. The molecule has 0 radical (unpaired) electrons. The third-order valence-electron chi connectivity index (χ3n) is 5.69. The highest BCUT2D eigenvalue weighted by molar-refractivity contribution is 5.91. The summed E-state index contributed by atoms with van der Waals surface area (Å²) in [5.41, 5.74) is 2.30. The summed E-state index contributed by atoms with van der Waals surface area (Å²) < 4.78 is 11.6. The number of carbonyl (C=O) groups is 1. The number of amides is 1. The maximum Gasteiger partial charge on any atom is 0.289 e. The number of nitrogens with one attached hydrogen (secondary N) is 1. The van der Waals surface area contributed by atoms with Crippen molar-refractivity contribution in [3.8, 4) is 5.75 Å². The Kier molecular flexibility index (Phi) is 7.22. The predicted molar refractivity (Wildman–Crippen MR) is 115 cm³/mol. The molecule has 2 saturated heterocycles. The molecule has 1 atom stereocenters. The molecule has 6 nitrogen and oxygen atoms in total. The number of nitrogens with zero attached hydrogens (tertiary/aromatic N) is 2. The Labute approximate surface area is 178 Å². The molecule has 2 aliphatic rings. The van der Waals surface area contributed by atoms with Gasteiger partial charge < -0.3 is 19.4 Å². The number of rotatable bonds is 5. The van der Waals surface area contributed by atoms with Crippen LogP contribution in [-0.2, 0) is 6.61 Å². The van der Waals surface area contributed by atoms with Gasteiger partial charge in [-0.1, -0.05) is 17.7 Å². The second-order valence-corrected chi connectivity index (χ2v) is 7.80. The van der Waals surface area contributed by atoms with E-state index in [1.807, 2.05) is 30.0 Å². The van der Waals surface area contributed by atoms with Crippen LogP contribution in [0.2, 0.25) is 0 Å². The average Bonchev–Trinajstić information content (AvgIpc) is 3.37. The van der Waals surface area contributed by atoms with Crippen LogP contribution in [0.15, 0.2) is 34.7 Å². The van der Waals surface area contributed by atoms with Crippen LogP contribution in [0.1, 0.15) is 33.9 Å². The largest absolute Gasteiger partial charge is 0.485 e. The van der Waals surface area contributed by atoms with Crippen LogP contribution in [0.4, 0.5) is 0 Å². The number of hydrogen-bond acceptors (Lipinski definition) is 5. The Morgan fingerprint density at radius 2 is 1.97 bits per heavy atom. The minimum Gasteiger partial charge on any atom is -0.485 e. The van der Waals surface area contributed by atoms with Crippen LogP contribution in [0.5, 0.6) is 5.75 Å². The normalized spacial score (nSPS) is 19.8. The lowest BCUT2D eigenvalue weighted by Gasteiger charge is -2.32. The van der Waals surface area contributed by atoms with Crippen molar-refractivity contribution in [2.45, 2.75) is 32.9 Å². The van der Waals surface area contributed by atoms with Gasteiger partial charge in [0.1, 0.15) is 18.1 Å². The van der Waals surface area contributed by atoms with Gasteiger partial charge in [0.15, 0.2) is 5.76 Å². The van der Waals surface area contributed by atoms with E-state index in [0.29, 0.717) is 24.2 Å². The summed E-state index contributed by atoms with van der Waals surface area (Å²) in [7, 11) is 0. The van der Waals surface area contributed by atoms with E-state index in [4.69, 9.17) is 9.15 Å². The molecule has 0 saturated carbocycles. The number of ether oxygens (including phenoxy) is 1. The van der Waals surface area contributed by atoms with E-state index < -0.39 is 0 Å². The minimum atomic E-state index is -0.0181. The Balaban J connectivity index is 0.00000240. The summed E-state index contributed by atoms with van der Waals surface area (Å²) in [6, 6.07) is 10.2. The van der Waals surface area contributed by atoms with Crippen molar-refractivity contribution in [2.75, 3.05) is 39.3 Å². The summed E-state index contributed by atoms with van der Waals surface area (Å²) in [5.74, 6) is 1.89. The Morgan fingerprint density at radius 3 is 2.72 bits per heavy atom. The Bertz CT molecular complexity index is 832. The molecular formula is C22H30ClN3O3. The van der Waals surface area contributed by atoms with Crippen molar-refractivity contribution < 1.29 is 13.9 Å². The summed E-state index contributed by atoms with van der Waals surface area (Å²) in [4.78, 5) is 17.2. The molecule has 1 amide bonds. The van der Waals surface area contributed by atoms with Gasteiger partial charge in [-0.2, -0.15) is 0 Å². The number of likely N-dealkylation sites (tertiary alicyclic amines) is 1. The van der Waals surface area contributed by atoms with E-state index in [1.54, 1.807) is 6.07 Å². The lowest BCUT2D eigenvalue weighted by molar-refractivity contribution is 0.0738. The average molecular weight is 420 g/mol. The number of benzene rings is 1. The molecule has 0 aliphatic carbocycles. The number of carbonyl (C=O) groups excluding carboxylic acids is 1. The first-order chi connectivity index (χ1) is 13.6. The van der Waals surface area contributed by atoms with Crippen molar-refractivity contribution in [3.63, 3.8) is 0 Å². The van der Waals surface area contributed by atoms with E-state index in [1.165, 1.54) is 5.56 Å². The molecule has 1 unspecified atom stereocenters. The second kappa shape index (κ2) is 9.65. The molecule has 2 aromatic rings. The Morgan fingerprint density at radius 1 is 1.17 bits per heavy atom. The summed E-state index contributed by atoms with van der Waals surface area (Å²) >= 11 is 0. The highest BCUT2D eigenvalue weighted by atomic mass is 35.5. The molecule has 7 heteroatoms. The fraction of sp³-hybridized carbons (Fsp3) is 0.500. The van der Waals surface area contributed by atoms with Crippen LogP contribution >= 0.6 is 12.4 Å². The van der Waals surface area contributed by atoms with E-state index in [-0.39, 0.29) is 18.3 Å². The maximum atomic E-state index is 12.8. The van der Waals surface area contributed by atoms with Gasteiger partial charge in [-0.15, -0.1) is 12.4 Å². The number of halogens is 1. The van der Waals surface area contributed by atoms with Crippen LogP contribution < -0.4 is 10.1 Å². The van der Waals surface area contributed by atoms with E-state index in [0.717, 1.165) is 57.0 Å². The van der Waals surface area contributed by atoms with Gasteiger partial charge in [-0.05, 0) is 44.0 Å². The van der Waals surface area contributed by atoms with Crippen molar-refractivity contribution in [3.05, 3.63) is 53.0 Å². The first kappa shape index (κ1) is 21.7. The first-order valence-electron chi connectivity index (χ1n) is 10.1. The van der Waals surface area contributed by atoms with Crippen LogP contribution in [0.25, 0.3) is 0 Å². The van der Waals surface area contributed by atoms with E-state index in [9.17, 15) is 4.79 Å². The van der Waals surface area contributed by atoms with Gasteiger partial charge >= 0.3 is 0 Å². The summed E-state index contributed by atoms with van der Waals surface area (Å²) in [6.45, 7) is 10.2. The predicted octanol–water partition coefficient (Wildman–Crippen LogP) is 3.02. The highest BCUT2D eigenvalue weighted by Crippen LogP contribution is 2.22. The van der Waals surface area contributed by atoms with Crippen molar-refractivity contribution in [1.82, 2.24) is 15.1 Å². The minimum absolute atomic E-state index is 0. The van der Waals surface area contributed by atoms with Gasteiger partial charge in [0.25, 0.3) is 5.91 Å².